The van der Waals surface area contributed by atoms with Gasteiger partial charge in [-0.2, -0.15) is 0 Å². The molecule has 2 heterocycles. The number of Topliss-reactive ketones (excluding diaryl/α,β-unsaturated/α-hetero) is 1. The van der Waals surface area contributed by atoms with Crippen molar-refractivity contribution in [2.45, 2.75) is 45.4 Å². The summed E-state index contributed by atoms with van der Waals surface area (Å²) in [7, 11) is 0. The molecule has 4 nitrogen and oxygen atoms in total. The number of aryl methyl sites for hydroxylation is 1. The van der Waals surface area contributed by atoms with Gasteiger partial charge in [0.15, 0.2) is 5.78 Å². The number of ether oxygens (including phenoxy) is 1. The molecule has 1 aromatic carbocycles. The molecule has 0 amide bonds. The summed E-state index contributed by atoms with van der Waals surface area (Å²) in [5.41, 5.74) is 5.29. The van der Waals surface area contributed by atoms with Gasteiger partial charge in [-0.25, -0.2) is 4.79 Å². The average molecular weight is 408 g/mol. The predicted molar refractivity (Wildman–Crippen MR) is 115 cm³/mol. The Morgan fingerprint density at radius 1 is 1.17 bits per heavy atom. The van der Waals surface area contributed by atoms with Gasteiger partial charge in [-0.3, -0.25) is 4.79 Å². The van der Waals surface area contributed by atoms with E-state index in [0.717, 1.165) is 33.8 Å². The second-order valence-electron chi connectivity index (χ2n) is 7.62. The van der Waals surface area contributed by atoms with Crippen molar-refractivity contribution in [1.29, 1.82) is 0 Å². The van der Waals surface area contributed by atoms with E-state index in [1.165, 1.54) is 5.56 Å². The number of carbonyl (C=O) groups excluding carboxylic acids is 2. The number of hydrogen-bond donors (Lipinski definition) is 1. The van der Waals surface area contributed by atoms with E-state index in [-0.39, 0.29) is 23.6 Å². The normalized spacial score (nSPS) is 21.7. The Bertz CT molecular complexity index is 1020. The van der Waals surface area contributed by atoms with Crippen LogP contribution in [-0.2, 0) is 14.3 Å². The number of carbonyl (C=O) groups is 2. The molecule has 0 spiro atoms. The first kappa shape index (κ1) is 19.6. The van der Waals surface area contributed by atoms with E-state index in [9.17, 15) is 9.59 Å². The zero-order chi connectivity index (χ0) is 20.5. The van der Waals surface area contributed by atoms with Gasteiger partial charge >= 0.3 is 5.97 Å². The van der Waals surface area contributed by atoms with E-state index in [1.54, 1.807) is 18.3 Å². The summed E-state index contributed by atoms with van der Waals surface area (Å²) < 4.78 is 5.36. The largest absolute Gasteiger partial charge is 0.463 e. The summed E-state index contributed by atoms with van der Waals surface area (Å²) in [6, 6.07) is 12.2. The number of rotatable bonds is 4. The van der Waals surface area contributed by atoms with Gasteiger partial charge < -0.3 is 10.1 Å². The number of hydrogen-bond acceptors (Lipinski definition) is 5. The summed E-state index contributed by atoms with van der Waals surface area (Å²) in [4.78, 5) is 27.3. The quantitative estimate of drug-likeness (QED) is 0.726. The predicted octanol–water partition coefficient (Wildman–Crippen LogP) is 4.98. The zero-order valence-electron chi connectivity index (χ0n) is 17.0. The van der Waals surface area contributed by atoms with Crippen molar-refractivity contribution in [2.75, 3.05) is 6.61 Å². The minimum Gasteiger partial charge on any atom is -0.463 e. The van der Waals surface area contributed by atoms with E-state index in [2.05, 4.69) is 17.4 Å². The van der Waals surface area contributed by atoms with E-state index < -0.39 is 0 Å². The Morgan fingerprint density at radius 3 is 2.59 bits per heavy atom. The molecule has 5 heteroatoms. The highest BCUT2D eigenvalue weighted by molar-refractivity contribution is 7.10. The molecule has 150 valence electrons. The van der Waals surface area contributed by atoms with Gasteiger partial charge in [0.2, 0.25) is 0 Å². The lowest BCUT2D eigenvalue weighted by Gasteiger charge is -2.36. The van der Waals surface area contributed by atoms with Gasteiger partial charge in [0.05, 0.1) is 18.1 Å². The summed E-state index contributed by atoms with van der Waals surface area (Å²) in [6.45, 7) is 6.05. The maximum Gasteiger partial charge on any atom is 0.336 e. The van der Waals surface area contributed by atoms with Crippen molar-refractivity contribution in [2.24, 2.45) is 0 Å². The third-order valence-corrected chi connectivity index (χ3v) is 6.84. The standard InChI is InChI=1S/C24H25NO3S/c1-4-28-24(27)20-15(3)25-18-12-17(16-8-6-5-7-9-16)13-19(26)21(18)22(20)23-14(2)10-11-29-23/h5-11,17,22,25H,4,12-13H2,1-3H3/t17-,22+/m1/s1. The molecule has 1 aromatic heterocycles. The molecule has 2 aromatic rings. The highest BCUT2D eigenvalue weighted by Gasteiger charge is 2.42. The smallest absolute Gasteiger partial charge is 0.336 e. The van der Waals surface area contributed by atoms with Crippen molar-refractivity contribution in [3.8, 4) is 0 Å². The monoisotopic (exact) mass is 407 g/mol. The molecule has 2 atom stereocenters. The highest BCUT2D eigenvalue weighted by atomic mass is 32.1. The summed E-state index contributed by atoms with van der Waals surface area (Å²) in [5.74, 6) is -0.439. The van der Waals surface area contributed by atoms with Crippen LogP contribution < -0.4 is 5.32 Å². The highest BCUT2D eigenvalue weighted by Crippen LogP contribution is 2.47. The molecular formula is C24H25NO3S. The first-order valence-electron chi connectivity index (χ1n) is 10.0. The van der Waals surface area contributed by atoms with Gasteiger partial charge in [0.25, 0.3) is 0 Å². The number of thiophene rings is 1. The SMILES string of the molecule is CCOC(=O)C1=C(C)NC2=C(C(=O)C[C@H](c3ccccc3)C2)[C@H]1c1sccc1C. The lowest BCUT2D eigenvalue weighted by molar-refractivity contribution is -0.138. The van der Waals surface area contributed by atoms with Crippen LogP contribution in [0, 0.1) is 6.92 Å². The molecule has 1 aliphatic heterocycles. The third-order valence-electron chi connectivity index (χ3n) is 5.76. The Balaban J connectivity index is 1.80. The number of benzene rings is 1. The minimum atomic E-state index is -0.352. The van der Waals surface area contributed by atoms with Crippen LogP contribution in [0.5, 0.6) is 0 Å². The lowest BCUT2D eigenvalue weighted by Crippen LogP contribution is -2.36. The third kappa shape index (κ3) is 3.55. The van der Waals surface area contributed by atoms with Crippen molar-refractivity contribution in [3.63, 3.8) is 0 Å². The minimum absolute atomic E-state index is 0.111. The molecular weight excluding hydrogens is 382 g/mol. The first-order chi connectivity index (χ1) is 14.0. The molecule has 1 N–H and O–H groups in total. The van der Waals surface area contributed by atoms with Crippen LogP contribution in [0.2, 0.25) is 0 Å². The maximum absolute atomic E-state index is 13.4. The second-order valence-corrected chi connectivity index (χ2v) is 8.56. The van der Waals surface area contributed by atoms with Crippen LogP contribution in [-0.4, -0.2) is 18.4 Å². The molecule has 4 rings (SSSR count). The molecule has 0 fully saturated rings. The van der Waals surface area contributed by atoms with Gasteiger partial charge in [0, 0.05) is 28.3 Å². The summed E-state index contributed by atoms with van der Waals surface area (Å²) in [6.07, 6.45) is 1.22. The van der Waals surface area contributed by atoms with E-state index in [0.29, 0.717) is 18.6 Å². The van der Waals surface area contributed by atoms with E-state index in [4.69, 9.17) is 4.74 Å². The maximum atomic E-state index is 13.4. The summed E-state index contributed by atoms with van der Waals surface area (Å²) in [5, 5.41) is 5.41. The summed E-state index contributed by atoms with van der Waals surface area (Å²) >= 11 is 1.60. The van der Waals surface area contributed by atoms with Gasteiger partial charge in [0.1, 0.15) is 0 Å². The van der Waals surface area contributed by atoms with E-state index >= 15 is 0 Å². The molecule has 0 unspecified atom stereocenters. The number of ketones is 1. The lowest BCUT2D eigenvalue weighted by atomic mass is 9.73. The zero-order valence-corrected chi connectivity index (χ0v) is 17.8. The van der Waals surface area contributed by atoms with Crippen LogP contribution in [0.3, 0.4) is 0 Å². The number of nitrogens with one attached hydrogen (secondary N) is 1. The van der Waals surface area contributed by atoms with Crippen LogP contribution in [0.1, 0.15) is 54.5 Å². The fourth-order valence-corrected chi connectivity index (χ4v) is 5.47. The topological polar surface area (TPSA) is 55.4 Å². The number of dihydropyridines is 1. The average Bonchev–Trinajstić information content (AvgIpc) is 3.13. The number of allylic oxidation sites excluding steroid dienone is 3. The Morgan fingerprint density at radius 2 is 1.93 bits per heavy atom. The molecule has 0 bridgehead atoms. The Labute approximate surface area is 175 Å². The van der Waals surface area contributed by atoms with Crippen LogP contribution in [0.25, 0.3) is 0 Å². The van der Waals surface area contributed by atoms with Crippen molar-refractivity contribution in [1.82, 2.24) is 5.32 Å². The molecule has 2 aliphatic rings. The molecule has 0 radical (unpaired) electrons. The van der Waals surface area contributed by atoms with Gasteiger partial charge in [-0.1, -0.05) is 30.3 Å². The van der Waals surface area contributed by atoms with Crippen molar-refractivity contribution < 1.29 is 14.3 Å². The van der Waals surface area contributed by atoms with Crippen LogP contribution in [0.15, 0.2) is 64.3 Å². The number of esters is 1. The van der Waals surface area contributed by atoms with Gasteiger partial charge in [-0.15, -0.1) is 11.3 Å². The molecule has 1 aliphatic carbocycles. The van der Waals surface area contributed by atoms with Crippen molar-refractivity contribution >= 4 is 23.1 Å². The Hall–Kier alpha value is -2.66. The fourth-order valence-electron chi connectivity index (χ4n) is 4.42. The van der Waals surface area contributed by atoms with Crippen LogP contribution in [0.4, 0.5) is 0 Å². The first-order valence-corrected chi connectivity index (χ1v) is 10.9. The fraction of sp³-hybridized carbons (Fsp3) is 0.333. The Kier molecular flexibility index (Phi) is 5.41. The molecule has 0 saturated heterocycles. The molecule has 29 heavy (non-hydrogen) atoms. The van der Waals surface area contributed by atoms with E-state index in [1.807, 2.05) is 43.5 Å². The molecule has 0 saturated carbocycles. The van der Waals surface area contributed by atoms with Crippen molar-refractivity contribution in [3.05, 3.63) is 80.3 Å². The van der Waals surface area contributed by atoms with Gasteiger partial charge in [-0.05, 0) is 55.7 Å². The van der Waals surface area contributed by atoms with Crippen LogP contribution >= 0.6 is 11.3 Å². The second kappa shape index (κ2) is 7.99.